The molecule has 3 aromatic rings. The number of urea groups is 1. The Morgan fingerprint density at radius 3 is 2.20 bits per heavy atom. The first-order valence-electron chi connectivity index (χ1n) is 14.7. The van der Waals surface area contributed by atoms with Gasteiger partial charge in [-0.3, -0.25) is 29.7 Å². The lowest BCUT2D eigenvalue weighted by atomic mass is 9.89. The van der Waals surface area contributed by atoms with Gasteiger partial charge in [0.2, 0.25) is 11.8 Å². The maximum absolute atomic E-state index is 13.7. The van der Waals surface area contributed by atoms with Gasteiger partial charge >= 0.3 is 12.0 Å². The highest BCUT2D eigenvalue weighted by molar-refractivity contribution is 5.93. The quantitative estimate of drug-likeness (QED) is 0.139. The van der Waals surface area contributed by atoms with Gasteiger partial charge in [-0.15, -0.1) is 0 Å². The van der Waals surface area contributed by atoms with Gasteiger partial charge in [0.05, 0.1) is 19.0 Å². The van der Waals surface area contributed by atoms with Crippen molar-refractivity contribution in [3.63, 3.8) is 0 Å². The van der Waals surface area contributed by atoms with Gasteiger partial charge in [-0.25, -0.2) is 9.80 Å². The van der Waals surface area contributed by atoms with Crippen LogP contribution >= 0.6 is 0 Å². The number of hydrogen-bond acceptors (Lipinski definition) is 8. The maximum Gasteiger partial charge on any atom is 0.336 e. The summed E-state index contributed by atoms with van der Waals surface area (Å²) in [5, 5.41) is 18.2. The number of ether oxygens (including phenoxy) is 2. The zero-order valence-electron chi connectivity index (χ0n) is 26.2. The van der Waals surface area contributed by atoms with Crippen molar-refractivity contribution in [1.29, 1.82) is 0 Å². The van der Waals surface area contributed by atoms with E-state index in [1.54, 1.807) is 31.6 Å². The van der Waals surface area contributed by atoms with Gasteiger partial charge in [0.25, 0.3) is 0 Å². The van der Waals surface area contributed by atoms with Gasteiger partial charge in [-0.05, 0) is 42.3 Å². The number of carbonyl (C=O) groups excluding carboxylic acids is 3. The number of pyridine rings is 1. The summed E-state index contributed by atoms with van der Waals surface area (Å²) >= 11 is 0. The van der Waals surface area contributed by atoms with Crippen LogP contribution in [-0.4, -0.2) is 85.1 Å². The lowest BCUT2D eigenvalue weighted by Crippen LogP contribution is -2.54. The van der Waals surface area contributed by atoms with E-state index in [2.05, 4.69) is 21.0 Å². The second-order valence-electron chi connectivity index (χ2n) is 10.4. The molecule has 0 spiro atoms. The molecule has 0 fully saturated rings. The highest BCUT2D eigenvalue weighted by Crippen LogP contribution is 2.32. The van der Waals surface area contributed by atoms with Crippen molar-refractivity contribution >= 4 is 40.3 Å². The number of amides is 4. The molecule has 1 aromatic heterocycles. The molecule has 3 atom stereocenters. The fourth-order valence-electron chi connectivity index (χ4n) is 4.91. The summed E-state index contributed by atoms with van der Waals surface area (Å²) in [7, 11) is 3.03. The van der Waals surface area contributed by atoms with E-state index in [-0.39, 0.29) is 6.54 Å². The Bertz CT molecular complexity index is 1430. The number of anilines is 1. The summed E-state index contributed by atoms with van der Waals surface area (Å²) in [4.78, 5) is 56.4. The standard InChI is InChI=1S/C32H42N6O7/c1-6-44-31(45-7-2)21(3)29(25-14-10-12-22-11-8-9-13-24(22)25)35-30(42)26(19-28(40)41)34-27(39)20-37(4)36-32(43)38(5)23-15-17-33-18-16-23/h8-18,21,26,29,31H,6-7,19-20H2,1-5H3,(H,34,39)(H,35,42)(H,36,43)(H,40,41)/t21-,26?,29?/m0/s1. The third-order valence-electron chi connectivity index (χ3n) is 7.13. The van der Waals surface area contributed by atoms with Crippen LogP contribution in [0.3, 0.4) is 0 Å². The van der Waals surface area contributed by atoms with Crippen LogP contribution in [0.25, 0.3) is 10.8 Å². The highest BCUT2D eigenvalue weighted by Gasteiger charge is 2.33. The van der Waals surface area contributed by atoms with Gasteiger partial charge in [0.15, 0.2) is 6.29 Å². The monoisotopic (exact) mass is 622 g/mol. The molecule has 0 bridgehead atoms. The molecule has 2 unspecified atom stereocenters. The molecule has 0 saturated carbocycles. The minimum atomic E-state index is -1.40. The molecule has 0 radical (unpaired) electrons. The molecule has 4 amide bonds. The van der Waals surface area contributed by atoms with Crippen molar-refractivity contribution in [1.82, 2.24) is 26.1 Å². The van der Waals surface area contributed by atoms with E-state index in [9.17, 15) is 24.3 Å². The van der Waals surface area contributed by atoms with Gasteiger partial charge in [0.1, 0.15) is 6.04 Å². The Labute approximate surface area is 262 Å². The normalized spacial score (nSPS) is 13.2. The Morgan fingerprint density at radius 2 is 1.56 bits per heavy atom. The van der Waals surface area contributed by atoms with E-state index in [1.807, 2.05) is 63.2 Å². The predicted octanol–water partition coefficient (Wildman–Crippen LogP) is 3.08. The van der Waals surface area contributed by atoms with Crippen molar-refractivity contribution in [3.05, 3.63) is 72.6 Å². The Balaban J connectivity index is 1.79. The number of carboxylic acids is 1. The number of hydrazine groups is 1. The Kier molecular flexibility index (Phi) is 13.2. The Morgan fingerprint density at radius 1 is 0.911 bits per heavy atom. The molecule has 242 valence electrons. The van der Waals surface area contributed by atoms with E-state index in [0.29, 0.717) is 18.9 Å². The molecule has 0 saturated heterocycles. The molecule has 1 heterocycles. The number of nitrogens with zero attached hydrogens (tertiary/aromatic N) is 3. The smallest absolute Gasteiger partial charge is 0.336 e. The van der Waals surface area contributed by atoms with Crippen LogP contribution in [0.4, 0.5) is 10.5 Å². The summed E-state index contributed by atoms with van der Waals surface area (Å²) in [6.07, 6.45) is 1.77. The number of hydrogen-bond donors (Lipinski definition) is 4. The molecular formula is C32H42N6O7. The van der Waals surface area contributed by atoms with E-state index >= 15 is 0 Å². The summed E-state index contributed by atoms with van der Waals surface area (Å²) in [6, 6.07) is 14.2. The SMILES string of the molecule is CCOC(OCC)[C@@H](C)C(NC(=O)C(CC(=O)O)NC(=O)CN(C)NC(=O)N(C)c1ccncc1)c1cccc2ccccc12. The predicted molar refractivity (Wildman–Crippen MR) is 169 cm³/mol. The molecule has 4 N–H and O–H groups in total. The number of fused-ring (bicyclic) bond motifs is 1. The molecule has 0 aliphatic heterocycles. The second kappa shape index (κ2) is 17.0. The molecule has 13 nitrogen and oxygen atoms in total. The second-order valence-corrected chi connectivity index (χ2v) is 10.4. The van der Waals surface area contributed by atoms with Gasteiger partial charge in [0, 0.05) is 51.3 Å². The largest absolute Gasteiger partial charge is 0.481 e. The first kappa shape index (κ1) is 34.9. The number of rotatable bonds is 16. The maximum atomic E-state index is 13.7. The van der Waals surface area contributed by atoms with Gasteiger partial charge in [-0.1, -0.05) is 49.4 Å². The number of likely N-dealkylation sites (N-methyl/N-ethyl adjacent to an activating group) is 1. The minimum Gasteiger partial charge on any atom is -0.481 e. The number of aliphatic carboxylic acids is 1. The van der Waals surface area contributed by atoms with Crippen LogP contribution in [0.2, 0.25) is 0 Å². The Hall–Kier alpha value is -4.59. The lowest BCUT2D eigenvalue weighted by Gasteiger charge is -2.33. The van der Waals surface area contributed by atoms with Crippen LogP contribution < -0.4 is 21.0 Å². The van der Waals surface area contributed by atoms with Crippen LogP contribution in [0, 0.1) is 5.92 Å². The van der Waals surface area contributed by atoms with Crippen molar-refractivity contribution in [2.75, 3.05) is 38.8 Å². The molecule has 3 rings (SSSR count). The highest BCUT2D eigenvalue weighted by atomic mass is 16.7. The molecule has 45 heavy (non-hydrogen) atoms. The van der Waals surface area contributed by atoms with E-state index < -0.39 is 54.5 Å². The zero-order valence-corrected chi connectivity index (χ0v) is 26.2. The molecule has 0 aliphatic carbocycles. The van der Waals surface area contributed by atoms with E-state index in [0.717, 1.165) is 16.3 Å². The van der Waals surface area contributed by atoms with Crippen molar-refractivity contribution in [3.8, 4) is 0 Å². The first-order chi connectivity index (χ1) is 21.5. The number of carboxylic acid groups (broad SMARTS) is 1. The van der Waals surface area contributed by atoms with E-state index in [1.165, 1.54) is 17.0 Å². The van der Waals surface area contributed by atoms with Crippen molar-refractivity contribution in [2.24, 2.45) is 5.92 Å². The summed E-state index contributed by atoms with van der Waals surface area (Å²) in [5.74, 6) is -3.03. The topological polar surface area (TPSA) is 162 Å². The third kappa shape index (κ3) is 9.96. The van der Waals surface area contributed by atoms with Gasteiger partial charge in [-0.2, -0.15) is 0 Å². The summed E-state index contributed by atoms with van der Waals surface area (Å²) in [5.41, 5.74) is 3.95. The molecule has 2 aromatic carbocycles. The third-order valence-corrected chi connectivity index (χ3v) is 7.13. The number of carbonyl (C=O) groups is 4. The fraction of sp³-hybridized carbons (Fsp3) is 0.406. The van der Waals surface area contributed by atoms with Crippen molar-refractivity contribution < 1.29 is 33.8 Å². The van der Waals surface area contributed by atoms with Crippen LogP contribution in [0.5, 0.6) is 0 Å². The van der Waals surface area contributed by atoms with Crippen LogP contribution in [0.1, 0.15) is 38.8 Å². The van der Waals surface area contributed by atoms with Crippen molar-refractivity contribution in [2.45, 2.75) is 45.6 Å². The molecule has 0 aliphatic rings. The molecule has 13 heteroatoms. The van der Waals surface area contributed by atoms with Crippen LogP contribution in [-0.2, 0) is 23.9 Å². The first-order valence-corrected chi connectivity index (χ1v) is 14.7. The number of benzene rings is 2. The van der Waals surface area contributed by atoms with Gasteiger partial charge < -0.3 is 25.2 Å². The molecular weight excluding hydrogens is 580 g/mol. The minimum absolute atomic E-state index is 0.348. The summed E-state index contributed by atoms with van der Waals surface area (Å²) in [6.45, 7) is 5.99. The number of nitrogens with one attached hydrogen (secondary N) is 3. The average molecular weight is 623 g/mol. The zero-order chi connectivity index (χ0) is 32.9. The lowest BCUT2D eigenvalue weighted by molar-refractivity contribution is -0.170. The van der Waals surface area contributed by atoms with Crippen LogP contribution in [0.15, 0.2) is 67.0 Å². The average Bonchev–Trinajstić information content (AvgIpc) is 3.02. The number of aromatic nitrogens is 1. The fourth-order valence-corrected chi connectivity index (χ4v) is 4.91. The van der Waals surface area contributed by atoms with E-state index in [4.69, 9.17) is 9.47 Å². The summed E-state index contributed by atoms with van der Waals surface area (Å²) < 4.78 is 11.7.